The topological polar surface area (TPSA) is 65.1 Å². The Labute approximate surface area is 148 Å². The van der Waals surface area contributed by atoms with Crippen molar-refractivity contribution in [2.75, 3.05) is 13.6 Å². The average Bonchev–Trinajstić information content (AvgIpc) is 2.65. The Morgan fingerprint density at radius 3 is 2.44 bits per heavy atom. The van der Waals surface area contributed by atoms with E-state index in [0.717, 1.165) is 28.5 Å². The number of fused-ring (bicyclic) bond motifs is 1. The molecule has 2 aromatic carbocycles. The van der Waals surface area contributed by atoms with E-state index in [-0.39, 0.29) is 5.56 Å². The lowest BCUT2D eigenvalue weighted by Gasteiger charge is -2.15. The lowest BCUT2D eigenvalue weighted by atomic mass is 9.96. The van der Waals surface area contributed by atoms with Crippen molar-refractivity contribution in [1.29, 1.82) is 0 Å². The Bertz CT molecular complexity index is 857. The van der Waals surface area contributed by atoms with E-state index in [1.54, 1.807) is 13.1 Å². The van der Waals surface area contributed by atoms with Crippen LogP contribution >= 0.6 is 0 Å². The predicted molar refractivity (Wildman–Crippen MR) is 104 cm³/mol. The molecule has 0 aliphatic heterocycles. The van der Waals surface area contributed by atoms with Crippen LogP contribution in [0.1, 0.15) is 36.6 Å². The van der Waals surface area contributed by atoms with E-state index in [2.05, 4.69) is 22.4 Å². The Kier molecular flexibility index (Phi) is 6.92. The van der Waals surface area contributed by atoms with Gasteiger partial charge in [0.15, 0.2) is 0 Å². The van der Waals surface area contributed by atoms with Crippen molar-refractivity contribution in [2.24, 2.45) is 0 Å². The highest BCUT2D eigenvalue weighted by atomic mass is 16.3. The van der Waals surface area contributed by atoms with Gasteiger partial charge in [-0.1, -0.05) is 56.3 Å². The molecule has 3 N–H and O–H groups in total. The zero-order chi connectivity index (χ0) is 18.2. The monoisotopic (exact) mass is 338 g/mol. The summed E-state index contributed by atoms with van der Waals surface area (Å²) in [5.41, 5.74) is 3.72. The Morgan fingerprint density at radius 1 is 1.04 bits per heavy atom. The molecule has 0 aliphatic rings. The van der Waals surface area contributed by atoms with E-state index in [9.17, 15) is 9.90 Å². The molecule has 1 heterocycles. The minimum atomic E-state index is -0.612. The van der Waals surface area contributed by atoms with Gasteiger partial charge in [0, 0.05) is 18.0 Å². The molecule has 0 saturated heterocycles. The Morgan fingerprint density at radius 2 is 1.76 bits per heavy atom. The van der Waals surface area contributed by atoms with Crippen LogP contribution in [0.3, 0.4) is 0 Å². The molecule has 3 rings (SSSR count). The predicted octanol–water partition coefficient (Wildman–Crippen LogP) is 3.40. The first-order valence-electron chi connectivity index (χ1n) is 8.70. The van der Waals surface area contributed by atoms with Gasteiger partial charge in [0.25, 0.3) is 0 Å². The van der Waals surface area contributed by atoms with Crippen molar-refractivity contribution in [3.8, 4) is 0 Å². The Hall–Kier alpha value is -2.43. The molecule has 0 aliphatic carbocycles. The van der Waals surface area contributed by atoms with Gasteiger partial charge in [-0.25, -0.2) is 0 Å². The molecule has 1 atom stereocenters. The van der Waals surface area contributed by atoms with Gasteiger partial charge >= 0.3 is 0 Å². The summed E-state index contributed by atoms with van der Waals surface area (Å²) in [4.78, 5) is 14.7. The number of likely N-dealkylation sites (N-methyl/N-ethyl adjacent to an activating group) is 1. The number of pyridine rings is 1. The van der Waals surface area contributed by atoms with Crippen LogP contribution in [-0.2, 0) is 6.42 Å². The number of nitrogens with one attached hydrogen (secondary N) is 2. The van der Waals surface area contributed by atoms with E-state index >= 15 is 0 Å². The molecule has 25 heavy (non-hydrogen) atoms. The van der Waals surface area contributed by atoms with Crippen LogP contribution in [0.15, 0.2) is 59.4 Å². The first-order chi connectivity index (χ1) is 12.2. The normalized spacial score (nSPS) is 11.7. The summed E-state index contributed by atoms with van der Waals surface area (Å²) in [5, 5.41) is 14.2. The van der Waals surface area contributed by atoms with Gasteiger partial charge in [-0.2, -0.15) is 0 Å². The number of benzene rings is 2. The molecular weight excluding hydrogens is 312 g/mol. The molecule has 132 valence electrons. The van der Waals surface area contributed by atoms with Crippen molar-refractivity contribution in [2.45, 2.75) is 26.4 Å². The molecule has 1 unspecified atom stereocenters. The van der Waals surface area contributed by atoms with Crippen LogP contribution in [0.2, 0.25) is 0 Å². The van der Waals surface area contributed by atoms with Crippen molar-refractivity contribution in [3.05, 3.63) is 81.6 Å². The molecule has 0 bridgehead atoms. The SMILES string of the molecule is CC.CNCC(O)c1ccc(Cc2ccccc2)c2[nH]c(=O)ccc12. The average molecular weight is 338 g/mol. The molecule has 0 saturated carbocycles. The highest BCUT2D eigenvalue weighted by Gasteiger charge is 2.13. The van der Waals surface area contributed by atoms with Gasteiger partial charge < -0.3 is 15.4 Å². The standard InChI is InChI=1S/C19H20N2O2.C2H6/c1-20-12-17(22)15-8-7-14(11-13-5-3-2-4-6-13)19-16(15)9-10-18(23)21-19;1-2/h2-10,17,20,22H,11-12H2,1H3,(H,21,23);1-2H3. The molecule has 4 nitrogen and oxygen atoms in total. The summed E-state index contributed by atoms with van der Waals surface area (Å²) in [6.45, 7) is 4.46. The van der Waals surface area contributed by atoms with Crippen molar-refractivity contribution >= 4 is 10.9 Å². The van der Waals surface area contributed by atoms with Crippen LogP contribution in [-0.4, -0.2) is 23.7 Å². The maximum absolute atomic E-state index is 11.8. The smallest absolute Gasteiger partial charge is 0.248 e. The highest BCUT2D eigenvalue weighted by molar-refractivity contribution is 5.85. The van der Waals surface area contributed by atoms with Crippen LogP contribution in [0, 0.1) is 0 Å². The Balaban J connectivity index is 0.00000109. The fourth-order valence-corrected chi connectivity index (χ4v) is 2.89. The summed E-state index contributed by atoms with van der Waals surface area (Å²) < 4.78 is 0. The minimum absolute atomic E-state index is 0.132. The molecular formula is C21H26N2O2. The molecule has 0 amide bonds. The molecule has 4 heteroatoms. The quantitative estimate of drug-likeness (QED) is 0.668. The van der Waals surface area contributed by atoms with Gasteiger partial charge in [0.1, 0.15) is 0 Å². The first-order valence-corrected chi connectivity index (χ1v) is 8.70. The van der Waals surface area contributed by atoms with Crippen LogP contribution < -0.4 is 10.9 Å². The molecule has 0 radical (unpaired) electrons. The fraction of sp³-hybridized carbons (Fsp3) is 0.286. The molecule has 1 aromatic heterocycles. The molecule has 0 spiro atoms. The second kappa shape index (κ2) is 9.16. The molecule has 0 fully saturated rings. The van der Waals surface area contributed by atoms with Crippen LogP contribution in [0.4, 0.5) is 0 Å². The fourth-order valence-electron chi connectivity index (χ4n) is 2.89. The lowest BCUT2D eigenvalue weighted by molar-refractivity contribution is 0.179. The summed E-state index contributed by atoms with van der Waals surface area (Å²) >= 11 is 0. The van der Waals surface area contributed by atoms with Crippen molar-refractivity contribution in [1.82, 2.24) is 10.3 Å². The molecule has 3 aromatic rings. The van der Waals surface area contributed by atoms with Gasteiger partial charge in [0.2, 0.25) is 5.56 Å². The third-order valence-corrected chi connectivity index (χ3v) is 4.01. The number of aromatic amines is 1. The lowest BCUT2D eigenvalue weighted by Crippen LogP contribution is -2.17. The number of rotatable bonds is 5. The number of H-pyrrole nitrogens is 1. The van der Waals surface area contributed by atoms with Crippen molar-refractivity contribution < 1.29 is 5.11 Å². The van der Waals surface area contributed by atoms with Crippen molar-refractivity contribution in [3.63, 3.8) is 0 Å². The first kappa shape index (κ1) is 18.9. The maximum Gasteiger partial charge on any atom is 0.248 e. The zero-order valence-electron chi connectivity index (χ0n) is 15.0. The summed E-state index contributed by atoms with van der Waals surface area (Å²) in [6, 6.07) is 17.4. The summed E-state index contributed by atoms with van der Waals surface area (Å²) in [6.07, 6.45) is 0.124. The summed E-state index contributed by atoms with van der Waals surface area (Å²) in [5.74, 6) is 0. The second-order valence-corrected chi connectivity index (χ2v) is 5.66. The van der Waals surface area contributed by atoms with E-state index in [1.807, 2.05) is 44.2 Å². The highest BCUT2D eigenvalue weighted by Crippen LogP contribution is 2.26. The number of aliphatic hydroxyl groups excluding tert-OH is 1. The minimum Gasteiger partial charge on any atom is -0.387 e. The maximum atomic E-state index is 11.8. The van der Waals surface area contributed by atoms with E-state index in [1.165, 1.54) is 11.6 Å². The number of hydrogen-bond acceptors (Lipinski definition) is 3. The third-order valence-electron chi connectivity index (χ3n) is 4.01. The van der Waals surface area contributed by atoms with Gasteiger partial charge in [-0.3, -0.25) is 4.79 Å². The third kappa shape index (κ3) is 4.56. The van der Waals surface area contributed by atoms with Gasteiger partial charge in [-0.05, 0) is 36.2 Å². The number of aromatic nitrogens is 1. The number of hydrogen-bond donors (Lipinski definition) is 3. The van der Waals surface area contributed by atoms with E-state index < -0.39 is 6.10 Å². The van der Waals surface area contributed by atoms with Crippen LogP contribution in [0.25, 0.3) is 10.9 Å². The number of aliphatic hydroxyl groups is 1. The van der Waals surface area contributed by atoms with E-state index in [4.69, 9.17) is 0 Å². The zero-order valence-corrected chi connectivity index (χ0v) is 15.0. The van der Waals surface area contributed by atoms with E-state index in [0.29, 0.717) is 6.54 Å². The van der Waals surface area contributed by atoms with Gasteiger partial charge in [-0.15, -0.1) is 0 Å². The summed E-state index contributed by atoms with van der Waals surface area (Å²) in [7, 11) is 1.80. The van der Waals surface area contributed by atoms with Crippen LogP contribution in [0.5, 0.6) is 0 Å². The van der Waals surface area contributed by atoms with Gasteiger partial charge in [0.05, 0.1) is 11.6 Å². The largest absolute Gasteiger partial charge is 0.387 e. The second-order valence-electron chi connectivity index (χ2n) is 5.66.